The number of hydrogen-bond acceptors (Lipinski definition) is 4. The minimum absolute atomic E-state index is 0. The van der Waals surface area contributed by atoms with Crippen LogP contribution in [-0.2, 0) is 42.1 Å². The predicted molar refractivity (Wildman–Crippen MR) is 78.2 cm³/mol. The van der Waals surface area contributed by atoms with Gasteiger partial charge in [-0.2, -0.15) is 0 Å². The van der Waals surface area contributed by atoms with E-state index in [0.717, 1.165) is 25.7 Å². The summed E-state index contributed by atoms with van der Waals surface area (Å²) in [5.41, 5.74) is 0.537. The van der Waals surface area contributed by atoms with Crippen molar-refractivity contribution in [1.29, 1.82) is 0 Å². The number of ether oxygens (including phenoxy) is 2. The van der Waals surface area contributed by atoms with Crippen molar-refractivity contribution in [3.8, 4) is 0 Å². The molecule has 0 fully saturated rings. The molecule has 0 N–H and O–H groups in total. The largest absolute Gasteiger partial charge is 4.00 e. The van der Waals surface area contributed by atoms with Crippen molar-refractivity contribution in [3.05, 3.63) is 35.4 Å². The van der Waals surface area contributed by atoms with Gasteiger partial charge in [-0.1, -0.05) is 38.8 Å². The molecule has 0 aromatic heterocycles. The Morgan fingerprint density at radius 2 is 1.17 bits per heavy atom. The van der Waals surface area contributed by atoms with Crippen LogP contribution >= 0.6 is 0 Å². The van der Waals surface area contributed by atoms with Crippen LogP contribution in [0.15, 0.2) is 24.3 Å². The molecule has 0 aliphatic heterocycles. The first-order valence-electron chi connectivity index (χ1n) is 7.14. The zero-order chi connectivity index (χ0) is 14.8. The first-order valence-corrected chi connectivity index (χ1v) is 7.14. The van der Waals surface area contributed by atoms with Gasteiger partial charge in [0.15, 0.2) is 0 Å². The Labute approximate surface area is 152 Å². The van der Waals surface area contributed by atoms with Crippen molar-refractivity contribution in [2.45, 2.75) is 39.5 Å². The van der Waals surface area contributed by atoms with Crippen molar-refractivity contribution in [2.75, 3.05) is 13.2 Å². The molecular weight excluding hydrogens is 336 g/mol. The smallest absolute Gasteiger partial charge is 2.00 e. The van der Waals surface area contributed by atoms with Crippen LogP contribution in [0.5, 0.6) is 0 Å². The molecule has 0 aliphatic carbocycles. The quantitative estimate of drug-likeness (QED) is 0.403. The zero-order valence-electron chi connectivity index (χ0n) is 13.5. The molecule has 23 heavy (non-hydrogen) atoms. The number of rotatable bonds is 8. The topological polar surface area (TPSA) is 110 Å². The maximum atomic E-state index is 11.9. The van der Waals surface area contributed by atoms with E-state index in [9.17, 15) is 9.59 Å². The SMILES string of the molecule is CCCCOC(=O)c1ccccc1C(=O)OCCCC.[O-2].[O-2].[Ti+4]. The first kappa shape index (κ1) is 26.7. The second-order valence-corrected chi connectivity index (χ2v) is 4.52. The Balaban J connectivity index is -0.00000133. The molecule has 0 amide bonds. The third kappa shape index (κ3) is 9.51. The molecule has 0 saturated heterocycles. The summed E-state index contributed by atoms with van der Waals surface area (Å²) in [6.07, 6.45) is 3.53. The third-order valence-corrected chi connectivity index (χ3v) is 2.83. The molecule has 7 heteroatoms. The summed E-state index contributed by atoms with van der Waals surface area (Å²) in [4.78, 5) is 23.9. The molecule has 126 valence electrons. The number of benzene rings is 1. The zero-order valence-corrected chi connectivity index (χ0v) is 15.1. The number of unbranched alkanes of at least 4 members (excludes halogenated alkanes) is 2. The molecule has 0 saturated carbocycles. The fourth-order valence-electron chi connectivity index (χ4n) is 1.61. The average Bonchev–Trinajstić information content (AvgIpc) is 2.47. The summed E-state index contributed by atoms with van der Waals surface area (Å²) in [5.74, 6) is -0.942. The van der Waals surface area contributed by atoms with Gasteiger partial charge in [-0.25, -0.2) is 9.59 Å². The van der Waals surface area contributed by atoms with Gasteiger partial charge >= 0.3 is 33.7 Å². The van der Waals surface area contributed by atoms with Gasteiger partial charge < -0.3 is 20.4 Å². The first-order chi connectivity index (χ1) is 9.70. The summed E-state index contributed by atoms with van der Waals surface area (Å²) < 4.78 is 10.3. The summed E-state index contributed by atoms with van der Waals surface area (Å²) in [5, 5.41) is 0. The summed E-state index contributed by atoms with van der Waals surface area (Å²) in [6, 6.07) is 6.59. The van der Waals surface area contributed by atoms with Crippen LogP contribution in [0.3, 0.4) is 0 Å². The van der Waals surface area contributed by atoms with Crippen molar-refractivity contribution < 1.29 is 51.7 Å². The molecule has 0 unspecified atom stereocenters. The van der Waals surface area contributed by atoms with E-state index >= 15 is 0 Å². The third-order valence-electron chi connectivity index (χ3n) is 2.83. The van der Waals surface area contributed by atoms with Gasteiger partial charge in [-0.05, 0) is 25.0 Å². The van der Waals surface area contributed by atoms with E-state index in [1.807, 2.05) is 13.8 Å². The maximum absolute atomic E-state index is 11.9. The van der Waals surface area contributed by atoms with Gasteiger partial charge in [0.05, 0.1) is 24.3 Å². The van der Waals surface area contributed by atoms with Gasteiger partial charge in [0, 0.05) is 0 Å². The van der Waals surface area contributed by atoms with E-state index in [2.05, 4.69) is 0 Å². The summed E-state index contributed by atoms with van der Waals surface area (Å²) in [7, 11) is 0. The maximum Gasteiger partial charge on any atom is 4.00 e. The molecule has 0 heterocycles. The average molecular weight is 358 g/mol. The fourth-order valence-corrected chi connectivity index (χ4v) is 1.61. The predicted octanol–water partition coefficient (Wildman–Crippen LogP) is 3.36. The molecule has 1 rings (SSSR count). The minimum atomic E-state index is -0.471. The van der Waals surface area contributed by atoms with E-state index in [0.29, 0.717) is 13.2 Å². The number of hydrogen-bond donors (Lipinski definition) is 0. The molecule has 0 aliphatic rings. The summed E-state index contributed by atoms with van der Waals surface area (Å²) in [6.45, 7) is 4.78. The Morgan fingerprint density at radius 1 is 0.826 bits per heavy atom. The number of carbonyl (C=O) groups excluding carboxylic acids is 2. The molecule has 1 aromatic carbocycles. The van der Waals surface area contributed by atoms with Crippen LogP contribution in [0, 0.1) is 0 Å². The van der Waals surface area contributed by atoms with E-state index in [4.69, 9.17) is 9.47 Å². The normalized spacial score (nSPS) is 8.78. The second kappa shape index (κ2) is 15.7. The van der Waals surface area contributed by atoms with Crippen LogP contribution in [0.25, 0.3) is 0 Å². The monoisotopic (exact) mass is 358 g/mol. The van der Waals surface area contributed by atoms with E-state index in [-0.39, 0.29) is 43.8 Å². The van der Waals surface area contributed by atoms with Crippen molar-refractivity contribution in [3.63, 3.8) is 0 Å². The molecule has 0 bridgehead atoms. The van der Waals surface area contributed by atoms with Crippen molar-refractivity contribution >= 4 is 11.9 Å². The van der Waals surface area contributed by atoms with E-state index in [1.54, 1.807) is 24.3 Å². The van der Waals surface area contributed by atoms with Crippen LogP contribution < -0.4 is 0 Å². The summed E-state index contributed by atoms with van der Waals surface area (Å²) >= 11 is 0. The Hall–Kier alpha value is -1.21. The van der Waals surface area contributed by atoms with Crippen LogP contribution in [0.1, 0.15) is 60.2 Å². The minimum Gasteiger partial charge on any atom is -2.00 e. The van der Waals surface area contributed by atoms with Crippen molar-refractivity contribution in [1.82, 2.24) is 0 Å². The van der Waals surface area contributed by atoms with Gasteiger partial charge in [0.1, 0.15) is 0 Å². The fraction of sp³-hybridized carbons (Fsp3) is 0.500. The van der Waals surface area contributed by atoms with E-state index in [1.165, 1.54) is 0 Å². The van der Waals surface area contributed by atoms with Gasteiger partial charge in [-0.3, -0.25) is 0 Å². The number of carbonyl (C=O) groups is 2. The second-order valence-electron chi connectivity index (χ2n) is 4.52. The molecule has 0 radical (unpaired) electrons. The van der Waals surface area contributed by atoms with Crippen LogP contribution in [0.4, 0.5) is 0 Å². The van der Waals surface area contributed by atoms with Crippen LogP contribution in [-0.4, -0.2) is 25.2 Å². The number of esters is 2. The Morgan fingerprint density at radius 3 is 1.48 bits per heavy atom. The van der Waals surface area contributed by atoms with Crippen molar-refractivity contribution in [2.24, 2.45) is 0 Å². The molecular formula is C16H22O6Ti. The van der Waals surface area contributed by atoms with E-state index < -0.39 is 11.9 Å². The molecule has 1 aromatic rings. The van der Waals surface area contributed by atoms with Crippen LogP contribution in [0.2, 0.25) is 0 Å². The van der Waals surface area contributed by atoms with Gasteiger partial charge in [-0.15, -0.1) is 0 Å². The molecule has 0 spiro atoms. The molecule has 6 nitrogen and oxygen atoms in total. The van der Waals surface area contributed by atoms with Gasteiger partial charge in [0.25, 0.3) is 0 Å². The molecule has 0 atom stereocenters. The Kier molecular flexibility index (Phi) is 18.2. The van der Waals surface area contributed by atoms with Gasteiger partial charge in [0.2, 0.25) is 0 Å². The standard InChI is InChI=1S/C16H22O4.2O.Ti/c1-3-5-11-19-15(17)13-9-7-8-10-14(13)16(18)20-12-6-4-2;;;/h7-10H,3-6,11-12H2,1-2H3;;;/q;2*-2;+4. The Bertz CT molecular complexity index is 409.